The lowest BCUT2D eigenvalue weighted by Gasteiger charge is -2.24. The van der Waals surface area contributed by atoms with Crippen LogP contribution in [0.4, 0.5) is 0 Å². The van der Waals surface area contributed by atoms with E-state index in [1.807, 2.05) is 0 Å². The zero-order chi connectivity index (χ0) is 8.97. The van der Waals surface area contributed by atoms with Gasteiger partial charge in [0.25, 0.3) is 0 Å². The number of nitrogens with two attached hydrogens (primary N) is 1. The van der Waals surface area contributed by atoms with Crippen molar-refractivity contribution in [2.24, 2.45) is 5.73 Å². The Morgan fingerprint density at radius 3 is 2.67 bits per heavy atom. The van der Waals surface area contributed by atoms with Gasteiger partial charge in [0.05, 0.1) is 6.04 Å². The van der Waals surface area contributed by atoms with Crippen molar-refractivity contribution < 1.29 is 4.79 Å². The molecule has 1 rings (SSSR count). The molecule has 0 aromatic heterocycles. The molecular weight excluding hydrogens is 154 g/mol. The van der Waals surface area contributed by atoms with Gasteiger partial charge >= 0.3 is 0 Å². The van der Waals surface area contributed by atoms with Crippen LogP contribution in [0.1, 0.15) is 19.8 Å². The second-order valence-electron chi connectivity index (χ2n) is 3.32. The second kappa shape index (κ2) is 4.42. The average Bonchev–Trinajstić information content (AvgIpc) is 2.06. The fourth-order valence-corrected chi connectivity index (χ4v) is 1.30. The maximum Gasteiger partial charge on any atom is 0.236 e. The third-order valence-corrected chi connectivity index (χ3v) is 2.10. The van der Waals surface area contributed by atoms with Gasteiger partial charge in [0.1, 0.15) is 0 Å². The van der Waals surface area contributed by atoms with Gasteiger partial charge < -0.3 is 16.4 Å². The number of carbonyl (C=O) groups excluding carboxylic acids is 1. The van der Waals surface area contributed by atoms with Crippen LogP contribution in [0, 0.1) is 0 Å². The maximum atomic E-state index is 11.2. The van der Waals surface area contributed by atoms with Crippen molar-refractivity contribution in [1.29, 1.82) is 0 Å². The normalized spacial score (nSPS) is 21.8. The number of carbonyl (C=O) groups is 1. The standard InChI is InChI=1S/C8H17N3O/c1-6(9)8(12)11-7-2-4-10-5-3-7/h6-7,10H,2-5,9H2,1H3,(H,11,12)/t6-/m1/s1. The predicted molar refractivity (Wildman–Crippen MR) is 47.7 cm³/mol. The van der Waals surface area contributed by atoms with Gasteiger partial charge in [-0.15, -0.1) is 0 Å². The maximum absolute atomic E-state index is 11.2. The molecule has 0 aromatic carbocycles. The quantitative estimate of drug-likeness (QED) is 0.509. The summed E-state index contributed by atoms with van der Waals surface area (Å²) in [5.41, 5.74) is 5.43. The molecule has 4 heteroatoms. The molecule has 1 fully saturated rings. The summed E-state index contributed by atoms with van der Waals surface area (Å²) in [4.78, 5) is 11.2. The first-order chi connectivity index (χ1) is 5.70. The van der Waals surface area contributed by atoms with Crippen LogP contribution in [-0.2, 0) is 4.79 Å². The van der Waals surface area contributed by atoms with E-state index in [4.69, 9.17) is 5.73 Å². The molecule has 0 spiro atoms. The van der Waals surface area contributed by atoms with Crippen molar-refractivity contribution in [3.63, 3.8) is 0 Å². The average molecular weight is 171 g/mol. The number of piperidine rings is 1. The molecule has 0 unspecified atom stereocenters. The third kappa shape index (κ3) is 2.79. The zero-order valence-corrected chi connectivity index (χ0v) is 7.47. The Balaban J connectivity index is 2.24. The van der Waals surface area contributed by atoms with E-state index in [1.165, 1.54) is 0 Å². The van der Waals surface area contributed by atoms with Gasteiger partial charge in [-0.2, -0.15) is 0 Å². The molecule has 1 heterocycles. The molecule has 70 valence electrons. The van der Waals surface area contributed by atoms with Crippen molar-refractivity contribution in [3.8, 4) is 0 Å². The molecular formula is C8H17N3O. The summed E-state index contributed by atoms with van der Waals surface area (Å²) in [6.07, 6.45) is 2.02. The molecule has 1 aliphatic heterocycles. The van der Waals surface area contributed by atoms with Crippen molar-refractivity contribution >= 4 is 5.91 Å². The Bertz CT molecular complexity index is 152. The van der Waals surface area contributed by atoms with Crippen LogP contribution < -0.4 is 16.4 Å². The van der Waals surface area contributed by atoms with E-state index < -0.39 is 0 Å². The monoisotopic (exact) mass is 171 g/mol. The first kappa shape index (κ1) is 9.48. The van der Waals surface area contributed by atoms with Crippen LogP contribution in [0.5, 0.6) is 0 Å². The van der Waals surface area contributed by atoms with Gasteiger partial charge in [0, 0.05) is 6.04 Å². The van der Waals surface area contributed by atoms with Crippen molar-refractivity contribution in [2.45, 2.75) is 31.8 Å². The number of nitrogens with one attached hydrogen (secondary N) is 2. The summed E-state index contributed by atoms with van der Waals surface area (Å²) in [5.74, 6) is -0.0399. The summed E-state index contributed by atoms with van der Waals surface area (Å²) in [6, 6.07) is -0.0652. The van der Waals surface area contributed by atoms with Crippen LogP contribution >= 0.6 is 0 Å². The molecule has 1 amide bonds. The fraction of sp³-hybridized carbons (Fsp3) is 0.875. The minimum Gasteiger partial charge on any atom is -0.352 e. The molecule has 4 N–H and O–H groups in total. The van der Waals surface area contributed by atoms with E-state index in [0.717, 1.165) is 25.9 Å². The molecule has 0 saturated carbocycles. The Labute approximate surface area is 72.9 Å². The van der Waals surface area contributed by atoms with Crippen LogP contribution in [0.25, 0.3) is 0 Å². The second-order valence-corrected chi connectivity index (χ2v) is 3.32. The largest absolute Gasteiger partial charge is 0.352 e. The summed E-state index contributed by atoms with van der Waals surface area (Å²) in [6.45, 7) is 3.68. The Morgan fingerprint density at radius 2 is 2.17 bits per heavy atom. The van der Waals surface area contributed by atoms with E-state index in [9.17, 15) is 4.79 Å². The van der Waals surface area contributed by atoms with Crippen LogP contribution in [-0.4, -0.2) is 31.1 Å². The lowest BCUT2D eigenvalue weighted by atomic mass is 10.1. The number of hydrogen-bond donors (Lipinski definition) is 3. The summed E-state index contributed by atoms with van der Waals surface area (Å²) < 4.78 is 0. The van der Waals surface area contributed by atoms with E-state index in [-0.39, 0.29) is 11.9 Å². The highest BCUT2D eigenvalue weighted by Crippen LogP contribution is 2.01. The van der Waals surface area contributed by atoms with Crippen molar-refractivity contribution in [1.82, 2.24) is 10.6 Å². The van der Waals surface area contributed by atoms with E-state index >= 15 is 0 Å². The zero-order valence-electron chi connectivity index (χ0n) is 7.47. The van der Waals surface area contributed by atoms with Crippen LogP contribution in [0.2, 0.25) is 0 Å². The minimum atomic E-state index is -0.389. The Morgan fingerprint density at radius 1 is 1.58 bits per heavy atom. The third-order valence-electron chi connectivity index (χ3n) is 2.10. The highest BCUT2D eigenvalue weighted by atomic mass is 16.2. The van der Waals surface area contributed by atoms with Crippen LogP contribution in [0.15, 0.2) is 0 Å². The van der Waals surface area contributed by atoms with Gasteiger partial charge in [-0.3, -0.25) is 4.79 Å². The lowest BCUT2D eigenvalue weighted by Crippen LogP contribution is -2.47. The molecule has 0 aromatic rings. The van der Waals surface area contributed by atoms with Crippen molar-refractivity contribution in [2.75, 3.05) is 13.1 Å². The van der Waals surface area contributed by atoms with Gasteiger partial charge in [0.15, 0.2) is 0 Å². The van der Waals surface area contributed by atoms with Gasteiger partial charge in [-0.25, -0.2) is 0 Å². The Hall–Kier alpha value is -0.610. The number of hydrogen-bond acceptors (Lipinski definition) is 3. The van der Waals surface area contributed by atoms with Crippen molar-refractivity contribution in [3.05, 3.63) is 0 Å². The minimum absolute atomic E-state index is 0.0399. The Kier molecular flexibility index (Phi) is 3.49. The summed E-state index contributed by atoms with van der Waals surface area (Å²) in [5, 5.41) is 6.15. The van der Waals surface area contributed by atoms with Crippen LogP contribution in [0.3, 0.4) is 0 Å². The molecule has 0 radical (unpaired) electrons. The first-order valence-electron chi connectivity index (χ1n) is 4.47. The summed E-state index contributed by atoms with van der Waals surface area (Å²) in [7, 11) is 0. The fourth-order valence-electron chi connectivity index (χ4n) is 1.30. The number of rotatable bonds is 2. The first-order valence-corrected chi connectivity index (χ1v) is 4.47. The predicted octanol–water partition coefficient (Wildman–Crippen LogP) is -0.798. The van der Waals surface area contributed by atoms with E-state index in [1.54, 1.807) is 6.92 Å². The molecule has 12 heavy (non-hydrogen) atoms. The highest BCUT2D eigenvalue weighted by Gasteiger charge is 2.16. The number of amides is 1. The molecule has 4 nitrogen and oxygen atoms in total. The SMILES string of the molecule is C[C@@H](N)C(=O)NC1CCNCC1. The molecule has 1 saturated heterocycles. The van der Waals surface area contributed by atoms with Gasteiger partial charge in [0.2, 0.25) is 5.91 Å². The summed E-state index contributed by atoms with van der Waals surface area (Å²) >= 11 is 0. The highest BCUT2D eigenvalue weighted by molar-refractivity contribution is 5.81. The van der Waals surface area contributed by atoms with E-state index in [0.29, 0.717) is 6.04 Å². The molecule has 0 aliphatic carbocycles. The van der Waals surface area contributed by atoms with Gasteiger partial charge in [-0.1, -0.05) is 0 Å². The smallest absolute Gasteiger partial charge is 0.236 e. The molecule has 1 aliphatic rings. The van der Waals surface area contributed by atoms with Gasteiger partial charge in [-0.05, 0) is 32.9 Å². The lowest BCUT2D eigenvalue weighted by molar-refractivity contribution is -0.122. The van der Waals surface area contributed by atoms with E-state index in [2.05, 4.69) is 10.6 Å². The molecule has 0 bridgehead atoms. The topological polar surface area (TPSA) is 67.2 Å². The molecule has 1 atom stereocenters.